The topological polar surface area (TPSA) is 44.0 Å². The molecule has 0 bridgehead atoms. The third kappa shape index (κ3) is 3.57. The normalized spacial score (nSPS) is 28.9. The van der Waals surface area contributed by atoms with Crippen LogP contribution in [0.25, 0.3) is 0 Å². The number of allylic oxidation sites excluding steroid dienone is 5. The first-order valence-electron chi connectivity index (χ1n) is 5.98. The van der Waals surface area contributed by atoms with Crippen LogP contribution in [0.3, 0.4) is 0 Å². The van der Waals surface area contributed by atoms with Gasteiger partial charge in [0.2, 0.25) is 0 Å². The first kappa shape index (κ1) is 13.7. The molecule has 0 saturated heterocycles. The number of hydrogen-bond donors (Lipinski definition) is 1. The molecular weight excluding hydrogens is 210 g/mol. The molecule has 0 unspecified atom stereocenters. The maximum absolute atomic E-state index is 9.74. The highest BCUT2D eigenvalue weighted by molar-refractivity contribution is 5.27. The molecule has 0 saturated carbocycles. The van der Waals surface area contributed by atoms with Gasteiger partial charge in [0.25, 0.3) is 0 Å². The highest BCUT2D eigenvalue weighted by Gasteiger charge is 2.34. The lowest BCUT2D eigenvalue weighted by Crippen LogP contribution is -2.32. The Hall–Kier alpha value is -1.33. The number of nitrogens with zero attached hydrogens (tertiary/aromatic N) is 1. The molecule has 1 aliphatic carbocycles. The summed E-state index contributed by atoms with van der Waals surface area (Å²) in [6.07, 6.45) is 8.06. The Morgan fingerprint density at radius 3 is 2.76 bits per heavy atom. The number of hydrogen-bond acceptors (Lipinski definition) is 2. The van der Waals surface area contributed by atoms with E-state index >= 15 is 0 Å². The molecule has 1 aliphatic rings. The van der Waals surface area contributed by atoms with Gasteiger partial charge < -0.3 is 5.11 Å². The molecule has 0 aromatic heterocycles. The van der Waals surface area contributed by atoms with Gasteiger partial charge >= 0.3 is 0 Å². The van der Waals surface area contributed by atoms with Gasteiger partial charge in [-0.25, -0.2) is 0 Å². The maximum Gasteiger partial charge on any atom is 0.0914 e. The summed E-state index contributed by atoms with van der Waals surface area (Å²) < 4.78 is 0. The fourth-order valence-electron chi connectivity index (χ4n) is 2.56. The average Bonchev–Trinajstić information content (AvgIpc) is 2.14. The Morgan fingerprint density at radius 1 is 1.59 bits per heavy atom. The molecule has 0 spiro atoms. The minimum Gasteiger partial charge on any atom is -0.389 e. The van der Waals surface area contributed by atoms with Crippen molar-refractivity contribution in [3.63, 3.8) is 0 Å². The van der Waals surface area contributed by atoms with Gasteiger partial charge in [-0.1, -0.05) is 37.6 Å². The predicted molar refractivity (Wildman–Crippen MR) is 70.2 cm³/mol. The van der Waals surface area contributed by atoms with E-state index in [1.165, 1.54) is 5.57 Å². The van der Waals surface area contributed by atoms with E-state index in [1.54, 1.807) is 6.08 Å². The second kappa shape index (κ2) is 5.33. The van der Waals surface area contributed by atoms with E-state index in [0.29, 0.717) is 5.92 Å². The van der Waals surface area contributed by atoms with Crippen molar-refractivity contribution in [1.82, 2.24) is 0 Å². The lowest BCUT2D eigenvalue weighted by molar-refractivity contribution is 0.117. The molecule has 92 valence electrons. The van der Waals surface area contributed by atoms with Gasteiger partial charge in [0.15, 0.2) is 0 Å². The fourth-order valence-corrected chi connectivity index (χ4v) is 2.56. The van der Waals surface area contributed by atoms with Gasteiger partial charge in [-0.05, 0) is 31.3 Å². The van der Waals surface area contributed by atoms with Gasteiger partial charge in [-0.3, -0.25) is 0 Å². The predicted octanol–water partition coefficient (Wildman–Crippen LogP) is 3.37. The van der Waals surface area contributed by atoms with Gasteiger partial charge in [-0.2, -0.15) is 5.26 Å². The van der Waals surface area contributed by atoms with Gasteiger partial charge in [0.1, 0.15) is 0 Å². The number of rotatable bonds is 2. The average molecular weight is 231 g/mol. The van der Waals surface area contributed by atoms with Crippen LogP contribution in [0.5, 0.6) is 0 Å². The SMILES string of the molecule is CC1=C[C@H](O)CC(C)(C)[C@@H]1/C=C/C(C)=C/C#N. The van der Waals surface area contributed by atoms with Crippen molar-refractivity contribution in [1.29, 1.82) is 5.26 Å². The zero-order chi connectivity index (χ0) is 13.1. The Kier molecular flexibility index (Phi) is 4.31. The Bertz CT molecular complexity index is 407. The first-order valence-corrected chi connectivity index (χ1v) is 5.98. The molecule has 0 amide bonds. The highest BCUT2D eigenvalue weighted by atomic mass is 16.3. The van der Waals surface area contributed by atoms with E-state index in [-0.39, 0.29) is 11.5 Å². The quantitative estimate of drug-likeness (QED) is 0.450. The fraction of sp³-hybridized carbons (Fsp3) is 0.533. The molecular formula is C15H21NO. The summed E-state index contributed by atoms with van der Waals surface area (Å²) >= 11 is 0. The van der Waals surface area contributed by atoms with Gasteiger partial charge in [0.05, 0.1) is 12.2 Å². The van der Waals surface area contributed by atoms with Crippen LogP contribution in [0, 0.1) is 22.7 Å². The lowest BCUT2D eigenvalue weighted by Gasteiger charge is -2.38. The van der Waals surface area contributed by atoms with E-state index in [4.69, 9.17) is 5.26 Å². The van der Waals surface area contributed by atoms with Crippen LogP contribution < -0.4 is 0 Å². The van der Waals surface area contributed by atoms with Crippen molar-refractivity contribution >= 4 is 0 Å². The van der Waals surface area contributed by atoms with E-state index < -0.39 is 0 Å². The van der Waals surface area contributed by atoms with Crippen molar-refractivity contribution in [3.05, 3.63) is 35.5 Å². The molecule has 0 heterocycles. The van der Waals surface area contributed by atoms with Gasteiger partial charge in [0, 0.05) is 12.0 Å². The third-order valence-corrected chi connectivity index (χ3v) is 3.37. The van der Waals surface area contributed by atoms with E-state index in [1.807, 2.05) is 25.1 Å². The number of nitriles is 1. The summed E-state index contributed by atoms with van der Waals surface area (Å²) in [7, 11) is 0. The standard InChI is InChI=1S/C15H21NO/c1-11(7-8-16)5-6-14-12(2)9-13(17)10-15(14,3)4/h5-7,9,13-14,17H,10H2,1-4H3/b6-5+,11-7+/t13-,14+/m0/s1. The van der Waals surface area contributed by atoms with Crippen molar-refractivity contribution in [2.75, 3.05) is 0 Å². The molecule has 1 rings (SSSR count). The maximum atomic E-state index is 9.74. The Labute approximate surface area is 104 Å². The monoisotopic (exact) mass is 231 g/mol. The van der Waals surface area contributed by atoms with Crippen LogP contribution in [0.1, 0.15) is 34.1 Å². The molecule has 0 aliphatic heterocycles. The molecule has 0 radical (unpaired) electrons. The molecule has 0 aromatic carbocycles. The molecule has 0 fully saturated rings. The van der Waals surface area contributed by atoms with Crippen molar-refractivity contribution in [2.24, 2.45) is 11.3 Å². The summed E-state index contributed by atoms with van der Waals surface area (Å²) in [4.78, 5) is 0. The Balaban J connectivity index is 2.93. The smallest absolute Gasteiger partial charge is 0.0914 e. The Morgan fingerprint density at radius 2 is 2.24 bits per heavy atom. The second-order valence-electron chi connectivity index (χ2n) is 5.52. The van der Waals surface area contributed by atoms with Crippen LogP contribution in [0.4, 0.5) is 0 Å². The molecule has 1 N–H and O–H groups in total. The van der Waals surface area contributed by atoms with Crippen LogP contribution in [-0.2, 0) is 0 Å². The minimum atomic E-state index is -0.328. The van der Waals surface area contributed by atoms with Crippen LogP contribution in [-0.4, -0.2) is 11.2 Å². The number of aliphatic hydroxyl groups is 1. The first-order chi connectivity index (χ1) is 7.86. The van der Waals surface area contributed by atoms with Crippen LogP contribution in [0.15, 0.2) is 35.5 Å². The lowest BCUT2D eigenvalue weighted by atomic mass is 9.67. The molecule has 2 heteroatoms. The highest BCUT2D eigenvalue weighted by Crippen LogP contribution is 2.41. The van der Waals surface area contributed by atoms with Gasteiger partial charge in [-0.15, -0.1) is 0 Å². The minimum absolute atomic E-state index is 0.0572. The zero-order valence-corrected chi connectivity index (χ0v) is 11.1. The number of aliphatic hydroxyl groups excluding tert-OH is 1. The zero-order valence-electron chi connectivity index (χ0n) is 11.1. The summed E-state index contributed by atoms with van der Waals surface area (Å²) in [6, 6.07) is 2.03. The summed E-state index contributed by atoms with van der Waals surface area (Å²) in [5.41, 5.74) is 2.22. The molecule has 2 nitrogen and oxygen atoms in total. The second-order valence-corrected chi connectivity index (χ2v) is 5.52. The largest absolute Gasteiger partial charge is 0.389 e. The summed E-state index contributed by atoms with van der Waals surface area (Å²) in [5, 5.41) is 18.3. The van der Waals surface area contributed by atoms with Crippen LogP contribution in [0.2, 0.25) is 0 Å². The van der Waals surface area contributed by atoms with Crippen molar-refractivity contribution < 1.29 is 5.11 Å². The summed E-state index contributed by atoms with van der Waals surface area (Å²) in [6.45, 7) is 8.32. The van der Waals surface area contributed by atoms with E-state index in [9.17, 15) is 5.11 Å². The molecule has 2 atom stereocenters. The van der Waals surface area contributed by atoms with E-state index in [2.05, 4.69) is 26.8 Å². The van der Waals surface area contributed by atoms with Crippen molar-refractivity contribution in [2.45, 2.75) is 40.2 Å². The third-order valence-electron chi connectivity index (χ3n) is 3.37. The molecule has 17 heavy (non-hydrogen) atoms. The van der Waals surface area contributed by atoms with Crippen molar-refractivity contribution in [3.8, 4) is 6.07 Å². The van der Waals surface area contributed by atoms with Crippen LogP contribution >= 0.6 is 0 Å². The molecule has 0 aromatic rings. The summed E-state index contributed by atoms with van der Waals surface area (Å²) in [5.74, 6) is 0.327. The van der Waals surface area contributed by atoms with E-state index in [0.717, 1.165) is 12.0 Å².